The molecule has 25 heavy (non-hydrogen) atoms. The van der Waals surface area contributed by atoms with Gasteiger partial charge in [-0.2, -0.15) is 18.3 Å². The molecule has 0 aromatic carbocycles. The number of aliphatic hydroxyl groups is 1. The lowest BCUT2D eigenvalue weighted by atomic mass is 10.1. The highest BCUT2D eigenvalue weighted by atomic mass is 19.4. The van der Waals surface area contributed by atoms with Gasteiger partial charge in [-0.25, -0.2) is 9.97 Å². The van der Waals surface area contributed by atoms with Gasteiger partial charge in [-0.05, 0) is 30.7 Å². The molecule has 1 atom stereocenters. The van der Waals surface area contributed by atoms with E-state index in [0.717, 1.165) is 6.07 Å². The summed E-state index contributed by atoms with van der Waals surface area (Å²) in [6.45, 7) is 1.70. The van der Waals surface area contributed by atoms with Crippen molar-refractivity contribution in [1.29, 1.82) is 0 Å². The molecule has 3 N–H and O–H groups in total. The number of hydrogen-bond acceptors (Lipinski definition) is 5. The lowest BCUT2D eigenvalue weighted by molar-refractivity contribution is -0.137. The number of pyridine rings is 2. The third-order valence-electron chi connectivity index (χ3n) is 3.83. The Morgan fingerprint density at radius 3 is 2.72 bits per heavy atom. The van der Waals surface area contributed by atoms with E-state index in [1.807, 2.05) is 6.92 Å². The molecule has 0 saturated heterocycles. The molecule has 3 heterocycles. The van der Waals surface area contributed by atoms with Gasteiger partial charge in [0.05, 0.1) is 18.2 Å². The van der Waals surface area contributed by atoms with Crippen LogP contribution in [0.2, 0.25) is 0 Å². The number of anilines is 1. The number of aromatic nitrogens is 4. The molecule has 0 radical (unpaired) electrons. The van der Waals surface area contributed by atoms with Gasteiger partial charge in [-0.15, -0.1) is 0 Å². The van der Waals surface area contributed by atoms with E-state index < -0.39 is 11.7 Å². The summed E-state index contributed by atoms with van der Waals surface area (Å²) in [5.41, 5.74) is -0.708. The second-order valence-corrected chi connectivity index (χ2v) is 5.49. The highest BCUT2D eigenvalue weighted by Crippen LogP contribution is 2.38. The molecule has 3 aromatic heterocycles. The Morgan fingerprint density at radius 2 is 2.04 bits per heavy atom. The molecule has 9 heteroatoms. The Hall–Kier alpha value is -2.68. The van der Waals surface area contributed by atoms with Gasteiger partial charge in [0, 0.05) is 11.6 Å². The SMILES string of the molecule is CCC(CO)Nc1ccc(C(F)(F)F)c(-c2n[nH]c3ncccc23)n1. The van der Waals surface area contributed by atoms with Crippen molar-refractivity contribution in [2.24, 2.45) is 0 Å². The summed E-state index contributed by atoms with van der Waals surface area (Å²) >= 11 is 0. The number of rotatable bonds is 5. The minimum atomic E-state index is -4.57. The first-order valence-corrected chi connectivity index (χ1v) is 7.69. The van der Waals surface area contributed by atoms with E-state index in [4.69, 9.17) is 0 Å². The molecule has 0 amide bonds. The van der Waals surface area contributed by atoms with Crippen LogP contribution in [0.4, 0.5) is 19.0 Å². The minimum absolute atomic E-state index is 0.0797. The minimum Gasteiger partial charge on any atom is -0.394 e. The molecule has 3 aromatic rings. The third kappa shape index (κ3) is 3.41. The number of nitrogens with one attached hydrogen (secondary N) is 2. The zero-order chi connectivity index (χ0) is 18.0. The van der Waals surface area contributed by atoms with Gasteiger partial charge in [0.25, 0.3) is 0 Å². The average molecular weight is 351 g/mol. The van der Waals surface area contributed by atoms with Gasteiger partial charge in [0.1, 0.15) is 17.2 Å². The van der Waals surface area contributed by atoms with E-state index in [2.05, 4.69) is 25.5 Å². The van der Waals surface area contributed by atoms with Crippen molar-refractivity contribution in [2.75, 3.05) is 11.9 Å². The van der Waals surface area contributed by atoms with E-state index in [1.165, 1.54) is 12.3 Å². The van der Waals surface area contributed by atoms with Gasteiger partial charge in [-0.1, -0.05) is 6.92 Å². The van der Waals surface area contributed by atoms with Gasteiger partial charge in [0.15, 0.2) is 5.65 Å². The molecule has 0 spiro atoms. The Balaban J connectivity index is 2.14. The number of H-pyrrole nitrogens is 1. The van der Waals surface area contributed by atoms with Crippen LogP contribution in [-0.4, -0.2) is 37.9 Å². The number of hydrogen-bond donors (Lipinski definition) is 3. The van der Waals surface area contributed by atoms with Gasteiger partial charge in [0.2, 0.25) is 0 Å². The fourth-order valence-corrected chi connectivity index (χ4v) is 2.47. The average Bonchev–Trinajstić information content (AvgIpc) is 3.02. The van der Waals surface area contributed by atoms with Crippen LogP contribution < -0.4 is 5.32 Å². The maximum atomic E-state index is 13.4. The Kier molecular flexibility index (Phi) is 4.58. The first-order chi connectivity index (χ1) is 11.9. The van der Waals surface area contributed by atoms with Crippen molar-refractivity contribution < 1.29 is 18.3 Å². The molecule has 1 unspecified atom stereocenters. The zero-order valence-electron chi connectivity index (χ0n) is 13.3. The van der Waals surface area contributed by atoms with Gasteiger partial charge in [-0.3, -0.25) is 5.10 Å². The van der Waals surface area contributed by atoms with Crippen LogP contribution in [0.25, 0.3) is 22.4 Å². The molecule has 132 valence electrons. The maximum Gasteiger partial charge on any atom is 0.418 e. The third-order valence-corrected chi connectivity index (χ3v) is 3.83. The second-order valence-electron chi connectivity index (χ2n) is 5.49. The number of aromatic amines is 1. The molecule has 0 aliphatic carbocycles. The van der Waals surface area contributed by atoms with Crippen molar-refractivity contribution in [2.45, 2.75) is 25.6 Å². The van der Waals surface area contributed by atoms with Crippen molar-refractivity contribution in [3.63, 3.8) is 0 Å². The molecular formula is C16H16F3N5O. The first-order valence-electron chi connectivity index (χ1n) is 7.69. The molecule has 6 nitrogen and oxygen atoms in total. The number of halogens is 3. The lowest BCUT2D eigenvalue weighted by Gasteiger charge is -2.17. The quantitative estimate of drug-likeness (QED) is 0.657. The van der Waals surface area contributed by atoms with Crippen LogP contribution in [0.5, 0.6) is 0 Å². The summed E-state index contributed by atoms with van der Waals surface area (Å²) in [7, 11) is 0. The molecule has 0 aliphatic heterocycles. The second kappa shape index (κ2) is 6.67. The maximum absolute atomic E-state index is 13.4. The van der Waals surface area contributed by atoms with Gasteiger partial charge >= 0.3 is 6.18 Å². The Morgan fingerprint density at radius 1 is 1.24 bits per heavy atom. The molecule has 3 rings (SSSR count). The lowest BCUT2D eigenvalue weighted by Crippen LogP contribution is -2.23. The molecule has 0 bridgehead atoms. The van der Waals surface area contributed by atoms with E-state index in [0.29, 0.717) is 17.5 Å². The van der Waals surface area contributed by atoms with Crippen LogP contribution in [0.1, 0.15) is 18.9 Å². The highest BCUT2D eigenvalue weighted by Gasteiger charge is 2.36. The summed E-state index contributed by atoms with van der Waals surface area (Å²) in [5.74, 6) is 0.240. The summed E-state index contributed by atoms with van der Waals surface area (Å²) in [4.78, 5) is 8.16. The number of fused-ring (bicyclic) bond motifs is 1. The highest BCUT2D eigenvalue weighted by molar-refractivity contribution is 5.90. The van der Waals surface area contributed by atoms with E-state index in [9.17, 15) is 18.3 Å². The first kappa shape index (κ1) is 17.2. The number of aliphatic hydroxyl groups excluding tert-OH is 1. The smallest absolute Gasteiger partial charge is 0.394 e. The molecule has 0 saturated carbocycles. The molecule has 0 fully saturated rings. The van der Waals surface area contributed by atoms with Crippen molar-refractivity contribution >= 4 is 16.9 Å². The van der Waals surface area contributed by atoms with Crippen molar-refractivity contribution in [1.82, 2.24) is 20.2 Å². The zero-order valence-corrected chi connectivity index (χ0v) is 13.3. The predicted molar refractivity (Wildman–Crippen MR) is 86.9 cm³/mol. The molecular weight excluding hydrogens is 335 g/mol. The monoisotopic (exact) mass is 351 g/mol. The molecule has 0 aliphatic rings. The van der Waals surface area contributed by atoms with Crippen LogP contribution in [0, 0.1) is 0 Å². The van der Waals surface area contributed by atoms with Crippen LogP contribution in [0.3, 0.4) is 0 Å². The van der Waals surface area contributed by atoms with Crippen LogP contribution in [-0.2, 0) is 6.18 Å². The summed E-state index contributed by atoms with van der Waals surface area (Å²) in [6.07, 6.45) is -2.45. The van der Waals surface area contributed by atoms with Crippen molar-refractivity contribution in [3.05, 3.63) is 36.0 Å². The fraction of sp³-hybridized carbons (Fsp3) is 0.312. The summed E-state index contributed by atoms with van der Waals surface area (Å²) in [5, 5.41) is 19.2. The normalized spacial score (nSPS) is 13.2. The standard InChI is InChI=1S/C16H16F3N5O/c1-2-9(8-25)21-12-6-5-11(16(17,18)19)14(22-12)13-10-4-3-7-20-15(10)24-23-13/h3-7,9,25H,2,8H2,1H3,(H,21,22)(H,20,23,24). The van der Waals surface area contributed by atoms with E-state index in [-0.39, 0.29) is 29.9 Å². The fourth-order valence-electron chi connectivity index (χ4n) is 2.47. The van der Waals surface area contributed by atoms with E-state index in [1.54, 1.807) is 12.1 Å². The van der Waals surface area contributed by atoms with Crippen molar-refractivity contribution in [3.8, 4) is 11.4 Å². The Bertz CT molecular complexity index is 874. The largest absolute Gasteiger partial charge is 0.418 e. The van der Waals surface area contributed by atoms with Crippen LogP contribution >= 0.6 is 0 Å². The Labute approximate surface area is 141 Å². The summed E-state index contributed by atoms with van der Waals surface area (Å²) in [6, 6.07) is 5.17. The van der Waals surface area contributed by atoms with Gasteiger partial charge < -0.3 is 10.4 Å². The summed E-state index contributed by atoms with van der Waals surface area (Å²) < 4.78 is 40.2. The number of alkyl halides is 3. The van der Waals surface area contributed by atoms with Crippen LogP contribution in [0.15, 0.2) is 30.5 Å². The topological polar surface area (TPSA) is 86.7 Å². The van der Waals surface area contributed by atoms with E-state index >= 15 is 0 Å². The predicted octanol–water partition coefficient (Wildman–Crippen LogP) is 3.22. The number of nitrogens with zero attached hydrogens (tertiary/aromatic N) is 3.